The average molecular weight is 523 g/mol. The van der Waals surface area contributed by atoms with Gasteiger partial charge in [-0.15, -0.1) is 0 Å². The van der Waals surface area contributed by atoms with Crippen molar-refractivity contribution in [1.29, 1.82) is 0 Å². The molecule has 3 aromatic carbocycles. The van der Waals surface area contributed by atoms with Crippen LogP contribution in [0.1, 0.15) is 35.7 Å². The van der Waals surface area contributed by atoms with Crippen molar-refractivity contribution in [1.82, 2.24) is 14.5 Å². The first-order valence-electron chi connectivity index (χ1n) is 12.5. The van der Waals surface area contributed by atoms with Gasteiger partial charge in [0.05, 0.1) is 4.90 Å². The first kappa shape index (κ1) is 26.6. The van der Waals surface area contributed by atoms with E-state index in [1.54, 1.807) is 54.2 Å². The number of nitrogens with zero attached hydrogens (tertiary/aromatic N) is 2. The number of anilines is 1. The molecule has 8 nitrogen and oxygen atoms in total. The number of urea groups is 1. The topological polar surface area (TPSA) is 98.8 Å². The van der Waals surface area contributed by atoms with E-state index in [4.69, 9.17) is 0 Å². The van der Waals surface area contributed by atoms with Crippen molar-refractivity contribution in [2.45, 2.75) is 37.6 Å². The third-order valence-corrected chi connectivity index (χ3v) is 8.58. The van der Waals surface area contributed by atoms with Crippen LogP contribution >= 0.6 is 0 Å². The number of piperidine rings is 1. The van der Waals surface area contributed by atoms with Crippen LogP contribution in [0.2, 0.25) is 0 Å². The van der Waals surface area contributed by atoms with E-state index in [9.17, 15) is 18.0 Å². The fraction of sp³-hybridized carbons (Fsp3) is 0.357. The predicted molar refractivity (Wildman–Crippen MR) is 146 cm³/mol. The zero-order valence-electron chi connectivity index (χ0n) is 21.7. The molecule has 9 heteroatoms. The monoisotopic (exact) mass is 522 g/mol. The molecule has 1 saturated heterocycles. The van der Waals surface area contributed by atoms with E-state index in [1.165, 1.54) is 0 Å². The lowest BCUT2D eigenvalue weighted by atomic mass is 9.91. The van der Waals surface area contributed by atoms with Gasteiger partial charge in [0.15, 0.2) is 0 Å². The zero-order valence-corrected chi connectivity index (χ0v) is 22.5. The minimum atomic E-state index is -3.86. The third kappa shape index (κ3) is 5.62. The fourth-order valence-corrected chi connectivity index (χ4v) is 6.50. The van der Waals surface area contributed by atoms with Crippen LogP contribution in [0.4, 0.5) is 10.5 Å². The Labute approximate surface area is 218 Å². The highest BCUT2D eigenvalue weighted by atomic mass is 32.2. The smallest absolute Gasteiger partial charge is 0.319 e. The second-order valence-corrected chi connectivity index (χ2v) is 11.4. The Bertz CT molecular complexity index is 1420. The van der Waals surface area contributed by atoms with Crippen LogP contribution in [-0.4, -0.2) is 63.4 Å². The Morgan fingerprint density at radius 1 is 1.00 bits per heavy atom. The summed E-state index contributed by atoms with van der Waals surface area (Å²) in [5.74, 6) is -0.242. The molecule has 4 rings (SSSR count). The van der Waals surface area contributed by atoms with Gasteiger partial charge in [-0.2, -0.15) is 0 Å². The number of carbonyl (C=O) groups excluding carboxylic acids is 2. The number of carbonyl (C=O) groups is 2. The predicted octanol–water partition coefficient (Wildman–Crippen LogP) is 4.46. The van der Waals surface area contributed by atoms with Gasteiger partial charge in [-0.05, 0) is 43.0 Å². The number of hydrogen-bond acceptors (Lipinski definition) is 4. The molecule has 3 aromatic rings. The van der Waals surface area contributed by atoms with Crippen LogP contribution in [0.3, 0.4) is 0 Å². The summed E-state index contributed by atoms with van der Waals surface area (Å²) in [6, 6.07) is 17.3. The number of nitrogens with one attached hydrogen (secondary N) is 2. The highest BCUT2D eigenvalue weighted by Gasteiger charge is 2.34. The van der Waals surface area contributed by atoms with Gasteiger partial charge in [0, 0.05) is 55.2 Å². The van der Waals surface area contributed by atoms with E-state index in [1.807, 2.05) is 44.2 Å². The van der Waals surface area contributed by atoms with Gasteiger partial charge in [0.1, 0.15) is 0 Å². The minimum absolute atomic E-state index is 0.00589. The molecule has 1 fully saturated rings. The van der Waals surface area contributed by atoms with Crippen molar-refractivity contribution in [3.05, 3.63) is 71.8 Å². The standard InChI is InChI=1S/C28H34N4O4S/c1-5-20-18-32(28(34)31(3)4)17-16-24(20)30-37(35,36)26-15-14-25(22-12-8-9-13-23(22)26)29-27(33)21-11-7-6-10-19(21)2/h6-15,20,24,30H,5,16-18H2,1-4H3,(H,29,33)/t20-,24+/m1/s1. The molecule has 2 N–H and O–H groups in total. The molecule has 0 spiro atoms. The maximum Gasteiger partial charge on any atom is 0.319 e. The molecule has 2 atom stereocenters. The van der Waals surface area contributed by atoms with Crippen LogP contribution in [0.25, 0.3) is 10.8 Å². The molecule has 196 valence electrons. The molecule has 1 aliphatic heterocycles. The molecule has 0 unspecified atom stereocenters. The quantitative estimate of drug-likeness (QED) is 0.499. The number of benzene rings is 3. The molecule has 0 radical (unpaired) electrons. The Kier molecular flexibility index (Phi) is 7.85. The number of rotatable bonds is 6. The second kappa shape index (κ2) is 10.9. The Balaban J connectivity index is 1.60. The van der Waals surface area contributed by atoms with Gasteiger partial charge >= 0.3 is 6.03 Å². The molecule has 1 heterocycles. The van der Waals surface area contributed by atoms with E-state index in [2.05, 4.69) is 10.0 Å². The zero-order chi connectivity index (χ0) is 26.7. The second-order valence-electron chi connectivity index (χ2n) is 9.73. The van der Waals surface area contributed by atoms with E-state index in [-0.39, 0.29) is 28.8 Å². The maximum absolute atomic E-state index is 13.6. The number of hydrogen-bond donors (Lipinski definition) is 2. The summed E-state index contributed by atoms with van der Waals surface area (Å²) in [5.41, 5.74) is 1.97. The van der Waals surface area contributed by atoms with Crippen molar-refractivity contribution in [3.63, 3.8) is 0 Å². The van der Waals surface area contributed by atoms with Crippen LogP contribution < -0.4 is 10.0 Å². The van der Waals surface area contributed by atoms with Gasteiger partial charge in [-0.25, -0.2) is 17.9 Å². The molecule has 37 heavy (non-hydrogen) atoms. The largest absolute Gasteiger partial charge is 0.331 e. The van der Waals surface area contributed by atoms with Gasteiger partial charge < -0.3 is 15.1 Å². The van der Waals surface area contributed by atoms with Gasteiger partial charge in [-0.3, -0.25) is 4.79 Å². The molecule has 0 aromatic heterocycles. The number of sulfonamides is 1. The lowest BCUT2D eigenvalue weighted by Crippen LogP contribution is -2.53. The average Bonchev–Trinajstić information content (AvgIpc) is 2.88. The SMILES string of the molecule is CC[C@@H]1CN(C(=O)N(C)C)CC[C@@H]1NS(=O)(=O)c1ccc(NC(=O)c2ccccc2C)c2ccccc12. The Morgan fingerprint density at radius 3 is 2.35 bits per heavy atom. The summed E-state index contributed by atoms with van der Waals surface area (Å²) in [5, 5.41) is 4.12. The van der Waals surface area contributed by atoms with Gasteiger partial charge in [-0.1, -0.05) is 55.8 Å². The maximum atomic E-state index is 13.6. The van der Waals surface area contributed by atoms with Crippen LogP contribution in [0.15, 0.2) is 65.6 Å². The van der Waals surface area contributed by atoms with E-state index < -0.39 is 10.0 Å². The van der Waals surface area contributed by atoms with Crippen molar-refractivity contribution < 1.29 is 18.0 Å². The summed E-state index contributed by atoms with van der Waals surface area (Å²) >= 11 is 0. The molecular formula is C28H34N4O4S. The van der Waals surface area contributed by atoms with Gasteiger partial charge in [0.25, 0.3) is 5.91 Å². The van der Waals surface area contributed by atoms with Gasteiger partial charge in [0.2, 0.25) is 10.0 Å². The Hall–Kier alpha value is -3.43. The number of fused-ring (bicyclic) bond motifs is 1. The fourth-order valence-electron chi connectivity index (χ4n) is 4.95. The van der Waals surface area contributed by atoms with E-state index in [0.717, 1.165) is 12.0 Å². The van der Waals surface area contributed by atoms with Crippen LogP contribution in [0, 0.1) is 12.8 Å². The van der Waals surface area contributed by atoms with Crippen molar-refractivity contribution >= 4 is 38.4 Å². The van der Waals surface area contributed by atoms with E-state index in [0.29, 0.717) is 41.5 Å². The number of likely N-dealkylation sites (tertiary alicyclic amines) is 1. The summed E-state index contributed by atoms with van der Waals surface area (Å²) in [4.78, 5) is 28.8. The highest BCUT2D eigenvalue weighted by Crippen LogP contribution is 2.31. The lowest BCUT2D eigenvalue weighted by Gasteiger charge is -2.39. The van der Waals surface area contributed by atoms with E-state index >= 15 is 0 Å². The third-order valence-electron chi connectivity index (χ3n) is 7.03. The minimum Gasteiger partial charge on any atom is -0.331 e. The molecule has 0 bridgehead atoms. The van der Waals surface area contributed by atoms with Crippen LogP contribution in [0.5, 0.6) is 0 Å². The number of amides is 3. The van der Waals surface area contributed by atoms with Crippen LogP contribution in [-0.2, 0) is 10.0 Å². The first-order valence-corrected chi connectivity index (χ1v) is 14.0. The molecule has 0 aliphatic carbocycles. The summed E-state index contributed by atoms with van der Waals surface area (Å²) in [6.07, 6.45) is 1.29. The Morgan fingerprint density at radius 2 is 1.68 bits per heavy atom. The summed E-state index contributed by atoms with van der Waals surface area (Å²) in [6.45, 7) is 4.88. The molecular weight excluding hydrogens is 488 g/mol. The highest BCUT2D eigenvalue weighted by molar-refractivity contribution is 7.89. The van der Waals surface area contributed by atoms with Crippen molar-refractivity contribution in [3.8, 4) is 0 Å². The molecule has 1 aliphatic rings. The van der Waals surface area contributed by atoms with Crippen molar-refractivity contribution in [2.24, 2.45) is 5.92 Å². The molecule has 3 amide bonds. The first-order chi connectivity index (χ1) is 17.6. The van der Waals surface area contributed by atoms with Crippen molar-refractivity contribution in [2.75, 3.05) is 32.5 Å². The lowest BCUT2D eigenvalue weighted by molar-refractivity contribution is 0.102. The number of aryl methyl sites for hydroxylation is 1. The molecule has 0 saturated carbocycles. The summed E-state index contributed by atoms with van der Waals surface area (Å²) < 4.78 is 30.1. The summed E-state index contributed by atoms with van der Waals surface area (Å²) in [7, 11) is -0.427. The normalized spacial score (nSPS) is 18.0.